The molecule has 1 unspecified atom stereocenters. The van der Waals surface area contributed by atoms with Gasteiger partial charge in [-0.25, -0.2) is 9.98 Å². The lowest BCUT2D eigenvalue weighted by Crippen LogP contribution is -2.44. The van der Waals surface area contributed by atoms with Crippen LogP contribution in [-0.4, -0.2) is 55.6 Å². The molecule has 1 aromatic rings. The summed E-state index contributed by atoms with van der Waals surface area (Å²) in [6.45, 7) is 6.54. The second-order valence-corrected chi connectivity index (χ2v) is 7.58. The van der Waals surface area contributed by atoms with Crippen LogP contribution in [0.2, 0.25) is 0 Å². The Morgan fingerprint density at radius 2 is 2.30 bits per heavy atom. The van der Waals surface area contributed by atoms with E-state index in [0.717, 1.165) is 56.6 Å². The molecule has 2 heterocycles. The van der Waals surface area contributed by atoms with Crippen LogP contribution in [-0.2, 0) is 11.3 Å². The zero-order valence-corrected chi connectivity index (χ0v) is 16.2. The Hall–Kier alpha value is -1.86. The lowest BCUT2D eigenvalue weighted by atomic mass is 9.84. The van der Waals surface area contributed by atoms with Crippen LogP contribution in [0.25, 0.3) is 0 Å². The smallest absolute Gasteiger partial charge is 0.213 e. The highest BCUT2D eigenvalue weighted by molar-refractivity contribution is 5.79. The summed E-state index contributed by atoms with van der Waals surface area (Å²) in [5.41, 5.74) is 1.03. The van der Waals surface area contributed by atoms with Gasteiger partial charge >= 0.3 is 0 Å². The first-order valence-electron chi connectivity index (χ1n) is 10.0. The van der Waals surface area contributed by atoms with E-state index in [-0.39, 0.29) is 12.0 Å². The molecule has 1 saturated carbocycles. The molecule has 0 amide bonds. The van der Waals surface area contributed by atoms with Crippen molar-refractivity contribution in [3.63, 3.8) is 0 Å². The molecule has 1 aliphatic heterocycles. The maximum atomic E-state index is 9.36. The predicted octanol–water partition coefficient (Wildman–Crippen LogP) is 1.71. The zero-order valence-electron chi connectivity index (χ0n) is 16.2. The van der Waals surface area contributed by atoms with Gasteiger partial charge in [0.15, 0.2) is 5.96 Å². The normalized spacial score (nSPS) is 22.7. The first-order chi connectivity index (χ1) is 13.2. The van der Waals surface area contributed by atoms with Gasteiger partial charge in [0, 0.05) is 44.0 Å². The molecule has 3 N–H and O–H groups in total. The predicted molar refractivity (Wildman–Crippen MR) is 105 cm³/mol. The summed E-state index contributed by atoms with van der Waals surface area (Å²) in [6, 6.07) is 3.93. The Balaban J connectivity index is 1.51. The van der Waals surface area contributed by atoms with E-state index < -0.39 is 0 Å². The molecule has 7 nitrogen and oxygen atoms in total. The van der Waals surface area contributed by atoms with Gasteiger partial charge in [-0.3, -0.25) is 0 Å². The molecular weight excluding hydrogens is 344 g/mol. The molecule has 2 fully saturated rings. The highest BCUT2D eigenvalue weighted by Gasteiger charge is 2.34. The van der Waals surface area contributed by atoms with E-state index >= 15 is 0 Å². The van der Waals surface area contributed by atoms with Gasteiger partial charge in [-0.05, 0) is 44.1 Å². The number of nitrogens with one attached hydrogen (secondary N) is 2. The standard InChI is InChI=1S/C20H32N4O3/c1-2-21-19(24-14-20(7-9-25)8-10-26-15-20)23-12-17-5-6-18(22-11-17)27-13-16-3-4-16/h5-6,11,16,25H,2-4,7-10,12-15H2,1H3,(H2,21,23,24). The molecule has 1 aliphatic carbocycles. The Labute approximate surface area is 161 Å². The Morgan fingerprint density at radius 3 is 2.93 bits per heavy atom. The highest BCUT2D eigenvalue weighted by atomic mass is 16.5. The minimum absolute atomic E-state index is 0.00690. The van der Waals surface area contributed by atoms with Crippen LogP contribution in [0.15, 0.2) is 23.3 Å². The van der Waals surface area contributed by atoms with Gasteiger partial charge in [0.2, 0.25) is 5.88 Å². The number of pyridine rings is 1. The van der Waals surface area contributed by atoms with Gasteiger partial charge in [-0.15, -0.1) is 0 Å². The second kappa shape index (κ2) is 9.90. The lowest BCUT2D eigenvalue weighted by Gasteiger charge is -2.27. The van der Waals surface area contributed by atoms with Crippen molar-refractivity contribution in [2.75, 3.05) is 39.5 Å². The summed E-state index contributed by atoms with van der Waals surface area (Å²) < 4.78 is 11.2. The number of ether oxygens (including phenoxy) is 2. The van der Waals surface area contributed by atoms with Crippen LogP contribution >= 0.6 is 0 Å². The first kappa shape index (κ1) is 19.9. The van der Waals surface area contributed by atoms with E-state index in [1.807, 2.05) is 25.3 Å². The molecule has 0 aromatic carbocycles. The summed E-state index contributed by atoms with van der Waals surface area (Å²) >= 11 is 0. The van der Waals surface area contributed by atoms with Crippen LogP contribution < -0.4 is 15.4 Å². The number of aliphatic imine (C=N–C) groups is 1. The third-order valence-electron chi connectivity index (χ3n) is 5.18. The molecule has 27 heavy (non-hydrogen) atoms. The van der Waals surface area contributed by atoms with E-state index in [9.17, 15) is 5.11 Å². The van der Waals surface area contributed by atoms with Crippen molar-refractivity contribution < 1.29 is 14.6 Å². The van der Waals surface area contributed by atoms with Crippen molar-refractivity contribution >= 4 is 5.96 Å². The molecule has 150 valence electrons. The Morgan fingerprint density at radius 1 is 1.41 bits per heavy atom. The maximum Gasteiger partial charge on any atom is 0.213 e. The van der Waals surface area contributed by atoms with Crippen LogP contribution in [0.5, 0.6) is 5.88 Å². The Kier molecular flexibility index (Phi) is 7.29. The topological polar surface area (TPSA) is 88.0 Å². The van der Waals surface area contributed by atoms with Crippen LogP contribution in [0.1, 0.15) is 38.2 Å². The number of hydrogen-bond acceptors (Lipinski definition) is 5. The van der Waals surface area contributed by atoms with Crippen molar-refractivity contribution in [2.45, 2.75) is 39.2 Å². The quantitative estimate of drug-likeness (QED) is 0.426. The van der Waals surface area contributed by atoms with E-state index in [0.29, 0.717) is 19.0 Å². The third kappa shape index (κ3) is 6.36. The number of guanidine groups is 1. The van der Waals surface area contributed by atoms with Gasteiger partial charge < -0.3 is 25.2 Å². The molecule has 3 rings (SSSR count). The average molecular weight is 377 g/mol. The molecule has 2 aliphatic rings. The fraction of sp³-hybridized carbons (Fsp3) is 0.700. The number of rotatable bonds is 10. The summed E-state index contributed by atoms with van der Waals surface area (Å²) in [4.78, 5) is 9.03. The first-order valence-corrected chi connectivity index (χ1v) is 10.0. The molecule has 1 atom stereocenters. The van der Waals surface area contributed by atoms with Crippen LogP contribution in [0.3, 0.4) is 0 Å². The zero-order chi connectivity index (χ0) is 19.0. The van der Waals surface area contributed by atoms with Crippen molar-refractivity contribution in [3.05, 3.63) is 23.9 Å². The highest BCUT2D eigenvalue weighted by Crippen LogP contribution is 2.31. The largest absolute Gasteiger partial charge is 0.477 e. The van der Waals surface area contributed by atoms with Crippen LogP contribution in [0, 0.1) is 11.3 Å². The van der Waals surface area contributed by atoms with Crippen molar-refractivity contribution in [2.24, 2.45) is 16.3 Å². The summed E-state index contributed by atoms with van der Waals surface area (Å²) in [6.07, 6.45) is 6.09. The molecule has 0 radical (unpaired) electrons. The van der Waals surface area contributed by atoms with E-state index in [2.05, 4.69) is 20.6 Å². The summed E-state index contributed by atoms with van der Waals surface area (Å²) in [5, 5.41) is 16.1. The SMILES string of the molecule is CCNC(=NCc1ccc(OCC2CC2)nc1)NCC1(CCO)CCOC1. The summed E-state index contributed by atoms with van der Waals surface area (Å²) in [5.74, 6) is 2.19. The molecule has 0 bridgehead atoms. The number of hydrogen-bond donors (Lipinski definition) is 3. The lowest BCUT2D eigenvalue weighted by molar-refractivity contribution is 0.127. The van der Waals surface area contributed by atoms with E-state index in [1.54, 1.807) is 0 Å². The van der Waals surface area contributed by atoms with Gasteiger partial charge in [-0.2, -0.15) is 0 Å². The average Bonchev–Trinajstić information content (AvgIpc) is 3.41. The van der Waals surface area contributed by atoms with Crippen molar-refractivity contribution in [1.82, 2.24) is 15.6 Å². The molecule has 1 aromatic heterocycles. The van der Waals surface area contributed by atoms with Crippen molar-refractivity contribution in [1.29, 1.82) is 0 Å². The van der Waals surface area contributed by atoms with Gasteiger partial charge in [0.05, 0.1) is 19.8 Å². The fourth-order valence-electron chi connectivity index (χ4n) is 3.17. The number of aromatic nitrogens is 1. The van der Waals surface area contributed by atoms with E-state index in [4.69, 9.17) is 9.47 Å². The molecule has 7 heteroatoms. The minimum Gasteiger partial charge on any atom is -0.477 e. The fourth-order valence-corrected chi connectivity index (χ4v) is 3.17. The molecule has 0 spiro atoms. The maximum absolute atomic E-state index is 9.36. The van der Waals surface area contributed by atoms with Crippen LogP contribution in [0.4, 0.5) is 0 Å². The number of aliphatic hydroxyl groups excluding tert-OH is 1. The van der Waals surface area contributed by atoms with Gasteiger partial charge in [0.25, 0.3) is 0 Å². The second-order valence-electron chi connectivity index (χ2n) is 7.58. The Bertz CT molecular complexity index is 596. The van der Waals surface area contributed by atoms with E-state index in [1.165, 1.54) is 12.8 Å². The molecule has 1 saturated heterocycles. The number of aliphatic hydroxyl groups is 1. The third-order valence-corrected chi connectivity index (χ3v) is 5.18. The van der Waals surface area contributed by atoms with Crippen molar-refractivity contribution in [3.8, 4) is 5.88 Å². The number of nitrogens with zero attached hydrogens (tertiary/aromatic N) is 2. The van der Waals surface area contributed by atoms with Gasteiger partial charge in [0.1, 0.15) is 0 Å². The van der Waals surface area contributed by atoms with Gasteiger partial charge in [-0.1, -0.05) is 6.07 Å². The minimum atomic E-state index is -0.00690. The monoisotopic (exact) mass is 376 g/mol. The summed E-state index contributed by atoms with van der Waals surface area (Å²) in [7, 11) is 0. The molecular formula is C20H32N4O3.